The van der Waals surface area contributed by atoms with Gasteiger partial charge in [0.25, 0.3) is 0 Å². The standard InChI is InChI=1S/C12H22N2O2/c1-14-7-2-4-9(8-14)10(13)12(11(15)16)5-3-6-12/h9-10H,2-8,13H2,1H3,(H,15,16). The molecule has 2 unspecified atom stereocenters. The van der Waals surface area contributed by atoms with Gasteiger partial charge in [-0.05, 0) is 45.2 Å². The number of hydrogen-bond acceptors (Lipinski definition) is 3. The van der Waals surface area contributed by atoms with Crippen molar-refractivity contribution in [3.63, 3.8) is 0 Å². The lowest BCUT2D eigenvalue weighted by Crippen LogP contribution is -2.58. The SMILES string of the molecule is CN1CCCC(C(N)C2(C(=O)O)CCC2)C1. The maximum absolute atomic E-state index is 11.4. The lowest BCUT2D eigenvalue weighted by Gasteiger charge is -2.47. The molecule has 1 aliphatic heterocycles. The second-order valence-corrected chi connectivity index (χ2v) is 5.51. The minimum atomic E-state index is -0.681. The maximum Gasteiger partial charge on any atom is 0.311 e. The van der Waals surface area contributed by atoms with E-state index in [1.807, 2.05) is 0 Å². The number of carboxylic acid groups (broad SMARTS) is 1. The summed E-state index contributed by atoms with van der Waals surface area (Å²) in [5.74, 6) is -0.324. The van der Waals surface area contributed by atoms with Crippen molar-refractivity contribution in [2.75, 3.05) is 20.1 Å². The van der Waals surface area contributed by atoms with E-state index in [4.69, 9.17) is 5.73 Å². The first-order valence-electron chi connectivity index (χ1n) is 6.24. The predicted molar refractivity (Wildman–Crippen MR) is 62.1 cm³/mol. The summed E-state index contributed by atoms with van der Waals surface area (Å²) >= 11 is 0. The Morgan fingerprint density at radius 3 is 2.62 bits per heavy atom. The highest BCUT2D eigenvalue weighted by atomic mass is 16.4. The number of likely N-dealkylation sites (tertiary alicyclic amines) is 1. The van der Waals surface area contributed by atoms with E-state index < -0.39 is 11.4 Å². The Morgan fingerprint density at radius 2 is 2.19 bits per heavy atom. The third kappa shape index (κ3) is 1.84. The number of nitrogens with two attached hydrogens (primary N) is 1. The lowest BCUT2D eigenvalue weighted by molar-refractivity contribution is -0.158. The highest BCUT2D eigenvalue weighted by molar-refractivity contribution is 5.76. The molecule has 2 rings (SSSR count). The van der Waals surface area contributed by atoms with Crippen LogP contribution in [0, 0.1) is 11.3 Å². The molecular weight excluding hydrogens is 204 g/mol. The van der Waals surface area contributed by atoms with Crippen LogP contribution in [0.5, 0.6) is 0 Å². The van der Waals surface area contributed by atoms with E-state index in [2.05, 4.69) is 11.9 Å². The summed E-state index contributed by atoms with van der Waals surface area (Å²) in [6, 6.07) is -0.165. The molecule has 0 spiro atoms. The van der Waals surface area contributed by atoms with Crippen molar-refractivity contribution in [2.45, 2.75) is 38.1 Å². The van der Waals surface area contributed by atoms with E-state index in [1.165, 1.54) is 0 Å². The molecule has 3 N–H and O–H groups in total. The highest BCUT2D eigenvalue weighted by Crippen LogP contribution is 2.46. The van der Waals surface area contributed by atoms with E-state index in [9.17, 15) is 9.90 Å². The zero-order chi connectivity index (χ0) is 11.8. The van der Waals surface area contributed by atoms with Gasteiger partial charge in [0.05, 0.1) is 5.41 Å². The molecule has 0 aromatic heterocycles. The zero-order valence-electron chi connectivity index (χ0n) is 9.98. The van der Waals surface area contributed by atoms with Gasteiger partial charge in [0.1, 0.15) is 0 Å². The Bertz CT molecular complexity index is 276. The van der Waals surface area contributed by atoms with E-state index >= 15 is 0 Å². The van der Waals surface area contributed by atoms with Gasteiger partial charge in [0.2, 0.25) is 0 Å². The molecule has 0 aromatic rings. The molecule has 4 heteroatoms. The average molecular weight is 226 g/mol. The summed E-state index contributed by atoms with van der Waals surface area (Å²) in [5.41, 5.74) is 5.64. The summed E-state index contributed by atoms with van der Waals surface area (Å²) in [7, 11) is 2.09. The molecule has 0 amide bonds. The molecule has 2 fully saturated rings. The van der Waals surface area contributed by atoms with Gasteiger partial charge < -0.3 is 15.7 Å². The summed E-state index contributed by atoms with van der Waals surface area (Å²) in [6.07, 6.45) is 4.78. The number of rotatable bonds is 3. The second kappa shape index (κ2) is 4.34. The molecule has 1 saturated carbocycles. The zero-order valence-corrected chi connectivity index (χ0v) is 9.98. The van der Waals surface area contributed by atoms with E-state index in [-0.39, 0.29) is 6.04 Å². The highest BCUT2D eigenvalue weighted by Gasteiger charge is 2.51. The molecule has 16 heavy (non-hydrogen) atoms. The fourth-order valence-electron chi connectivity index (χ4n) is 3.20. The van der Waals surface area contributed by atoms with Crippen LogP contribution in [0.3, 0.4) is 0 Å². The van der Waals surface area contributed by atoms with Crippen LogP contribution < -0.4 is 5.73 Å². The van der Waals surface area contributed by atoms with Crippen LogP contribution in [0.15, 0.2) is 0 Å². The van der Waals surface area contributed by atoms with E-state index in [1.54, 1.807) is 0 Å². The van der Waals surface area contributed by atoms with Crippen molar-refractivity contribution in [3.05, 3.63) is 0 Å². The average Bonchev–Trinajstić information content (AvgIpc) is 2.15. The first-order valence-corrected chi connectivity index (χ1v) is 6.24. The van der Waals surface area contributed by atoms with Crippen molar-refractivity contribution >= 4 is 5.97 Å². The number of piperidine rings is 1. The van der Waals surface area contributed by atoms with Gasteiger partial charge in [-0.25, -0.2) is 0 Å². The summed E-state index contributed by atoms with van der Waals surface area (Å²) in [4.78, 5) is 13.6. The van der Waals surface area contributed by atoms with Gasteiger partial charge in [-0.1, -0.05) is 6.42 Å². The van der Waals surface area contributed by atoms with Gasteiger partial charge in [0, 0.05) is 12.6 Å². The Kier molecular flexibility index (Phi) is 3.22. The number of carbonyl (C=O) groups is 1. The summed E-state index contributed by atoms with van der Waals surface area (Å²) in [5, 5.41) is 9.36. The molecule has 92 valence electrons. The van der Waals surface area contributed by atoms with E-state index in [0.29, 0.717) is 5.92 Å². The molecule has 1 saturated heterocycles. The first-order chi connectivity index (χ1) is 7.56. The van der Waals surface area contributed by atoms with Crippen molar-refractivity contribution in [3.8, 4) is 0 Å². The molecule has 2 aliphatic rings. The van der Waals surface area contributed by atoms with Gasteiger partial charge in [-0.3, -0.25) is 4.79 Å². The van der Waals surface area contributed by atoms with Crippen LogP contribution in [-0.4, -0.2) is 42.2 Å². The van der Waals surface area contributed by atoms with Crippen LogP contribution in [0.2, 0.25) is 0 Å². The monoisotopic (exact) mass is 226 g/mol. The molecule has 4 nitrogen and oxygen atoms in total. The van der Waals surface area contributed by atoms with Gasteiger partial charge in [-0.15, -0.1) is 0 Å². The summed E-state index contributed by atoms with van der Waals surface area (Å²) < 4.78 is 0. The van der Waals surface area contributed by atoms with Crippen LogP contribution in [0.4, 0.5) is 0 Å². The maximum atomic E-state index is 11.4. The third-order valence-electron chi connectivity index (χ3n) is 4.48. The Hall–Kier alpha value is -0.610. The minimum absolute atomic E-state index is 0.165. The second-order valence-electron chi connectivity index (χ2n) is 5.51. The van der Waals surface area contributed by atoms with Crippen LogP contribution in [0.25, 0.3) is 0 Å². The van der Waals surface area contributed by atoms with Gasteiger partial charge >= 0.3 is 5.97 Å². The molecule has 1 heterocycles. The molecule has 0 aromatic carbocycles. The topological polar surface area (TPSA) is 66.6 Å². The smallest absolute Gasteiger partial charge is 0.311 e. The van der Waals surface area contributed by atoms with Crippen molar-refractivity contribution < 1.29 is 9.90 Å². The number of hydrogen-bond donors (Lipinski definition) is 2. The molecule has 0 radical (unpaired) electrons. The van der Waals surface area contributed by atoms with Crippen LogP contribution in [-0.2, 0) is 4.79 Å². The van der Waals surface area contributed by atoms with Crippen molar-refractivity contribution in [1.29, 1.82) is 0 Å². The van der Waals surface area contributed by atoms with Crippen LogP contribution in [0.1, 0.15) is 32.1 Å². The molecule has 1 aliphatic carbocycles. The largest absolute Gasteiger partial charge is 0.481 e. The lowest BCUT2D eigenvalue weighted by atomic mass is 9.60. The van der Waals surface area contributed by atoms with E-state index in [0.717, 1.165) is 45.2 Å². The fraction of sp³-hybridized carbons (Fsp3) is 0.917. The first kappa shape index (κ1) is 11.9. The Morgan fingerprint density at radius 1 is 1.50 bits per heavy atom. The quantitative estimate of drug-likeness (QED) is 0.750. The number of aliphatic carboxylic acids is 1. The fourth-order valence-corrected chi connectivity index (χ4v) is 3.20. The Labute approximate surface area is 96.8 Å². The molecule has 2 atom stereocenters. The Balaban J connectivity index is 2.05. The third-order valence-corrected chi connectivity index (χ3v) is 4.48. The van der Waals surface area contributed by atoms with Crippen molar-refractivity contribution in [1.82, 2.24) is 4.90 Å². The van der Waals surface area contributed by atoms with Crippen molar-refractivity contribution in [2.24, 2.45) is 17.1 Å². The van der Waals surface area contributed by atoms with Gasteiger partial charge in [-0.2, -0.15) is 0 Å². The number of carboxylic acids is 1. The molecular formula is C12H22N2O2. The molecule has 0 bridgehead atoms. The normalized spacial score (nSPS) is 31.8. The summed E-state index contributed by atoms with van der Waals surface area (Å²) in [6.45, 7) is 2.07. The minimum Gasteiger partial charge on any atom is -0.481 e. The number of nitrogens with zero attached hydrogens (tertiary/aromatic N) is 1. The predicted octanol–water partition coefficient (Wildman–Crippen LogP) is 0.910. The van der Waals surface area contributed by atoms with Crippen LogP contribution >= 0.6 is 0 Å². The van der Waals surface area contributed by atoms with Gasteiger partial charge in [0.15, 0.2) is 0 Å².